The molecule has 3 heteroatoms. The summed E-state index contributed by atoms with van der Waals surface area (Å²) in [4.78, 5) is 11.2. The summed E-state index contributed by atoms with van der Waals surface area (Å²) in [7, 11) is 0. The van der Waals surface area contributed by atoms with Crippen molar-refractivity contribution in [1.29, 1.82) is 0 Å². The molecule has 0 unspecified atom stereocenters. The largest absolute Gasteiger partial charge is 0.356 e. The molecule has 0 aliphatic carbocycles. The molecule has 2 saturated heterocycles. The quantitative estimate of drug-likeness (QED) is 0.516. The third-order valence-electron chi connectivity index (χ3n) is 2.38. The van der Waals surface area contributed by atoms with Crippen LogP contribution >= 0.6 is 0 Å². The summed E-state index contributed by atoms with van der Waals surface area (Å²) >= 11 is 0. The summed E-state index contributed by atoms with van der Waals surface area (Å²) in [5.41, 5.74) is -0.259. The number of epoxide rings is 1. The van der Waals surface area contributed by atoms with Gasteiger partial charge in [-0.05, 0) is 20.8 Å². The highest BCUT2D eigenvalue weighted by Crippen LogP contribution is 2.45. The second-order valence-electron chi connectivity index (χ2n) is 4.36. The van der Waals surface area contributed by atoms with Crippen LogP contribution in [-0.2, 0) is 9.53 Å². The van der Waals surface area contributed by atoms with Gasteiger partial charge >= 0.3 is 0 Å². The third kappa shape index (κ3) is 0.948. The number of nitrogens with one attached hydrogen (secondary N) is 1. The third-order valence-corrected chi connectivity index (χ3v) is 2.38. The van der Waals surface area contributed by atoms with Gasteiger partial charge in [-0.1, -0.05) is 0 Å². The fourth-order valence-corrected chi connectivity index (χ4v) is 2.02. The molecule has 2 aliphatic rings. The van der Waals surface area contributed by atoms with Crippen LogP contribution in [0.1, 0.15) is 27.2 Å². The Balaban J connectivity index is 2.21. The first-order chi connectivity index (χ1) is 4.93. The molecule has 0 bridgehead atoms. The van der Waals surface area contributed by atoms with Crippen molar-refractivity contribution in [3.05, 3.63) is 0 Å². The summed E-state index contributed by atoms with van der Waals surface area (Å²) in [5, 5.41) is 2.91. The van der Waals surface area contributed by atoms with Gasteiger partial charge in [-0.2, -0.15) is 0 Å². The number of piperidine rings is 1. The van der Waals surface area contributed by atoms with E-state index in [0.29, 0.717) is 0 Å². The number of fused-ring (bicyclic) bond motifs is 1. The van der Waals surface area contributed by atoms with E-state index in [4.69, 9.17) is 4.74 Å². The van der Waals surface area contributed by atoms with Crippen LogP contribution in [0.3, 0.4) is 0 Å². The summed E-state index contributed by atoms with van der Waals surface area (Å²) in [6.07, 6.45) is 0.742. The second kappa shape index (κ2) is 1.61. The molecule has 11 heavy (non-hydrogen) atoms. The Morgan fingerprint density at radius 1 is 1.55 bits per heavy atom. The molecule has 1 amide bonds. The minimum Gasteiger partial charge on any atom is -0.356 e. The predicted octanol–water partition coefficient (Wildman–Crippen LogP) is 0.442. The van der Waals surface area contributed by atoms with Crippen LogP contribution in [-0.4, -0.2) is 23.2 Å². The lowest BCUT2D eigenvalue weighted by atomic mass is 9.85. The number of carbonyl (C=O) groups is 1. The Bertz CT molecular complexity index is 221. The van der Waals surface area contributed by atoms with Crippen molar-refractivity contribution >= 4 is 5.91 Å². The minimum atomic E-state index is -0.171. The second-order valence-corrected chi connectivity index (χ2v) is 4.36. The van der Waals surface area contributed by atoms with Gasteiger partial charge in [0.05, 0.1) is 0 Å². The Morgan fingerprint density at radius 3 is 2.73 bits per heavy atom. The van der Waals surface area contributed by atoms with Crippen LogP contribution in [0.25, 0.3) is 0 Å². The summed E-state index contributed by atoms with van der Waals surface area (Å²) in [6, 6.07) is 0. The molecule has 0 aromatic rings. The van der Waals surface area contributed by atoms with Gasteiger partial charge in [0, 0.05) is 12.0 Å². The van der Waals surface area contributed by atoms with Crippen molar-refractivity contribution in [2.75, 3.05) is 0 Å². The number of hydrogen-bond acceptors (Lipinski definition) is 2. The molecule has 62 valence electrons. The highest BCUT2D eigenvalue weighted by atomic mass is 16.6. The average molecular weight is 155 g/mol. The highest BCUT2D eigenvalue weighted by Gasteiger charge is 2.62. The maximum absolute atomic E-state index is 11.2. The van der Waals surface area contributed by atoms with Crippen LogP contribution in [0.5, 0.6) is 0 Å². The molecule has 2 heterocycles. The molecule has 0 spiro atoms. The minimum absolute atomic E-state index is 0.0451. The SMILES string of the molecule is CC1(C)C[C@]2(C)O[C@@H]2C(=O)N1. The monoisotopic (exact) mass is 155 g/mol. The van der Waals surface area contributed by atoms with E-state index in [2.05, 4.69) is 5.32 Å². The zero-order valence-corrected chi connectivity index (χ0v) is 7.10. The van der Waals surface area contributed by atoms with E-state index in [1.54, 1.807) is 0 Å². The van der Waals surface area contributed by atoms with E-state index >= 15 is 0 Å². The lowest BCUT2D eigenvalue weighted by Gasteiger charge is -2.31. The van der Waals surface area contributed by atoms with Crippen LogP contribution < -0.4 is 5.32 Å². The van der Waals surface area contributed by atoms with E-state index in [9.17, 15) is 4.79 Å². The highest BCUT2D eigenvalue weighted by molar-refractivity contribution is 5.86. The molecule has 0 aromatic heterocycles. The Labute approximate surface area is 66.1 Å². The fraction of sp³-hybridized carbons (Fsp3) is 0.875. The maximum atomic E-state index is 11.2. The molecule has 2 aliphatic heterocycles. The molecule has 0 radical (unpaired) electrons. The van der Waals surface area contributed by atoms with Crippen LogP contribution in [0.15, 0.2) is 0 Å². The van der Waals surface area contributed by atoms with Crippen molar-refractivity contribution in [2.24, 2.45) is 0 Å². The van der Waals surface area contributed by atoms with Gasteiger partial charge in [0.25, 0.3) is 5.91 Å². The standard InChI is InChI=1S/C8H13NO2/c1-7(2)4-8(3)5(11-8)6(10)9-7/h5H,4H2,1-3H3,(H,9,10)/t5-,8+/m1/s1. The molecule has 0 saturated carbocycles. The lowest BCUT2D eigenvalue weighted by Crippen LogP contribution is -2.53. The average Bonchev–Trinajstić information content (AvgIpc) is 2.36. The maximum Gasteiger partial charge on any atom is 0.252 e. The summed E-state index contributed by atoms with van der Waals surface area (Å²) < 4.78 is 5.30. The predicted molar refractivity (Wildman–Crippen MR) is 40.1 cm³/mol. The first-order valence-electron chi connectivity index (χ1n) is 3.93. The molecule has 3 nitrogen and oxygen atoms in total. The number of amides is 1. The first-order valence-corrected chi connectivity index (χ1v) is 3.93. The van der Waals surface area contributed by atoms with Gasteiger partial charge < -0.3 is 10.1 Å². The van der Waals surface area contributed by atoms with E-state index in [-0.39, 0.29) is 23.2 Å². The molecule has 2 atom stereocenters. The molecule has 1 N–H and O–H groups in total. The van der Waals surface area contributed by atoms with Crippen LogP contribution in [0.2, 0.25) is 0 Å². The summed E-state index contributed by atoms with van der Waals surface area (Å²) in [5.74, 6) is 0.0451. The van der Waals surface area contributed by atoms with E-state index in [1.165, 1.54) is 0 Å². The van der Waals surface area contributed by atoms with Crippen LogP contribution in [0.4, 0.5) is 0 Å². The van der Waals surface area contributed by atoms with Gasteiger partial charge in [-0.3, -0.25) is 4.79 Å². The van der Waals surface area contributed by atoms with Gasteiger partial charge in [0.15, 0.2) is 6.10 Å². The van der Waals surface area contributed by atoms with E-state index < -0.39 is 0 Å². The molecule has 2 fully saturated rings. The van der Waals surface area contributed by atoms with Gasteiger partial charge in [-0.15, -0.1) is 0 Å². The van der Waals surface area contributed by atoms with E-state index in [1.807, 2.05) is 20.8 Å². The van der Waals surface area contributed by atoms with Crippen molar-refractivity contribution in [1.82, 2.24) is 5.32 Å². The normalized spacial score (nSPS) is 46.1. The number of ether oxygens (including phenoxy) is 1. The topological polar surface area (TPSA) is 41.6 Å². The lowest BCUT2D eigenvalue weighted by molar-refractivity contribution is -0.124. The molecular weight excluding hydrogens is 142 g/mol. The Hall–Kier alpha value is -0.570. The summed E-state index contributed by atoms with van der Waals surface area (Å²) in [6.45, 7) is 6.04. The first kappa shape index (κ1) is 7.10. The van der Waals surface area contributed by atoms with Gasteiger partial charge in [-0.25, -0.2) is 0 Å². The smallest absolute Gasteiger partial charge is 0.252 e. The van der Waals surface area contributed by atoms with Crippen molar-refractivity contribution < 1.29 is 9.53 Å². The number of carbonyl (C=O) groups excluding carboxylic acids is 1. The van der Waals surface area contributed by atoms with Crippen molar-refractivity contribution in [3.63, 3.8) is 0 Å². The molecule has 0 aromatic carbocycles. The number of rotatable bonds is 0. The zero-order chi connectivity index (χ0) is 8.28. The molecule has 2 rings (SSSR count). The fourth-order valence-electron chi connectivity index (χ4n) is 2.02. The van der Waals surface area contributed by atoms with Gasteiger partial charge in [0.2, 0.25) is 0 Å². The van der Waals surface area contributed by atoms with Crippen molar-refractivity contribution in [2.45, 2.75) is 44.4 Å². The van der Waals surface area contributed by atoms with Crippen molar-refractivity contribution in [3.8, 4) is 0 Å². The Kier molecular flexibility index (Phi) is 1.04. The van der Waals surface area contributed by atoms with Gasteiger partial charge in [0.1, 0.15) is 5.60 Å². The number of hydrogen-bond donors (Lipinski definition) is 1. The Morgan fingerprint density at radius 2 is 2.18 bits per heavy atom. The van der Waals surface area contributed by atoms with E-state index in [0.717, 1.165) is 6.42 Å². The van der Waals surface area contributed by atoms with Crippen LogP contribution in [0, 0.1) is 0 Å². The molecular formula is C8H13NO2. The zero-order valence-electron chi connectivity index (χ0n) is 7.10.